The van der Waals surface area contributed by atoms with Crippen LogP contribution >= 0.6 is 11.6 Å². The molecular formula is C16H10ClNO2. The minimum absolute atomic E-state index is 0.0427. The van der Waals surface area contributed by atoms with Crippen LogP contribution < -0.4 is 5.32 Å². The molecular weight excluding hydrogens is 274 g/mol. The van der Waals surface area contributed by atoms with Gasteiger partial charge >= 0.3 is 0 Å². The van der Waals surface area contributed by atoms with Gasteiger partial charge in [0.1, 0.15) is 11.3 Å². The molecule has 0 unspecified atom stereocenters. The summed E-state index contributed by atoms with van der Waals surface area (Å²) in [7, 11) is 0. The molecule has 4 heteroatoms. The maximum atomic E-state index is 12.0. The highest BCUT2D eigenvalue weighted by Crippen LogP contribution is 2.40. The average molecular weight is 284 g/mol. The highest BCUT2D eigenvalue weighted by atomic mass is 35.5. The third-order valence-electron chi connectivity index (χ3n) is 3.54. The van der Waals surface area contributed by atoms with Crippen molar-refractivity contribution in [2.45, 2.75) is 6.42 Å². The van der Waals surface area contributed by atoms with E-state index in [2.05, 4.69) is 5.32 Å². The van der Waals surface area contributed by atoms with Crippen molar-refractivity contribution in [3.63, 3.8) is 0 Å². The zero-order valence-electron chi connectivity index (χ0n) is 10.4. The molecule has 1 aliphatic rings. The fraction of sp³-hybridized carbons (Fsp3) is 0.0625. The molecule has 1 N–H and O–H groups in total. The lowest BCUT2D eigenvalue weighted by Crippen LogP contribution is -2.12. The Labute approximate surface area is 120 Å². The number of rotatable bonds is 0. The Kier molecular flexibility index (Phi) is 2.38. The number of carbonyl (C=O) groups is 1. The van der Waals surface area contributed by atoms with Crippen LogP contribution in [-0.4, -0.2) is 5.91 Å². The summed E-state index contributed by atoms with van der Waals surface area (Å²) in [5.41, 5.74) is 3.33. The normalized spacial score (nSPS) is 13.6. The second-order valence-corrected chi connectivity index (χ2v) is 5.26. The Bertz CT molecular complexity index is 851. The van der Waals surface area contributed by atoms with Crippen molar-refractivity contribution in [2.75, 3.05) is 5.32 Å². The van der Waals surface area contributed by atoms with Gasteiger partial charge in [-0.3, -0.25) is 4.79 Å². The molecule has 0 atom stereocenters. The average Bonchev–Trinajstić information content (AvgIpc) is 2.70. The van der Waals surface area contributed by atoms with Crippen LogP contribution in [0.4, 0.5) is 5.69 Å². The van der Waals surface area contributed by atoms with E-state index in [-0.39, 0.29) is 12.3 Å². The number of amides is 1. The van der Waals surface area contributed by atoms with Gasteiger partial charge in [-0.2, -0.15) is 0 Å². The molecule has 0 spiro atoms. The van der Waals surface area contributed by atoms with E-state index in [9.17, 15) is 4.79 Å². The largest absolute Gasteiger partial charge is 0.456 e. The predicted molar refractivity (Wildman–Crippen MR) is 79.0 cm³/mol. The van der Waals surface area contributed by atoms with Gasteiger partial charge in [-0.15, -0.1) is 0 Å². The molecule has 0 radical (unpaired) electrons. The first-order valence-electron chi connectivity index (χ1n) is 6.32. The van der Waals surface area contributed by atoms with Crippen molar-refractivity contribution in [2.24, 2.45) is 0 Å². The van der Waals surface area contributed by atoms with Crippen LogP contribution in [0.3, 0.4) is 0 Å². The summed E-state index contributed by atoms with van der Waals surface area (Å²) in [5.74, 6) is 0.704. The van der Waals surface area contributed by atoms with E-state index in [1.54, 1.807) is 6.07 Å². The van der Waals surface area contributed by atoms with Crippen LogP contribution in [0.5, 0.6) is 0 Å². The lowest BCUT2D eigenvalue weighted by atomic mass is 10.0. The standard InChI is InChI=1S/C16H10ClNO2/c17-9-5-6-14-11(7-9)12-8-15(19)18-13-4-2-1-3-10(13)16(12)20-14/h1-7H,8H2,(H,18,19). The van der Waals surface area contributed by atoms with Crippen molar-refractivity contribution in [1.29, 1.82) is 0 Å². The van der Waals surface area contributed by atoms with Gasteiger partial charge in [0.05, 0.1) is 12.1 Å². The van der Waals surface area contributed by atoms with Gasteiger partial charge in [-0.1, -0.05) is 23.7 Å². The van der Waals surface area contributed by atoms with Gasteiger partial charge in [-0.05, 0) is 30.3 Å². The first-order valence-corrected chi connectivity index (χ1v) is 6.70. The zero-order chi connectivity index (χ0) is 13.7. The van der Waals surface area contributed by atoms with E-state index >= 15 is 0 Å². The van der Waals surface area contributed by atoms with Crippen molar-refractivity contribution in [1.82, 2.24) is 0 Å². The SMILES string of the molecule is O=C1Cc2c(oc3ccc(Cl)cc23)-c2ccccc2N1. The highest BCUT2D eigenvalue weighted by Gasteiger charge is 2.24. The summed E-state index contributed by atoms with van der Waals surface area (Å²) in [5, 5.41) is 4.44. The Morgan fingerprint density at radius 2 is 2.00 bits per heavy atom. The molecule has 1 aromatic heterocycles. The maximum absolute atomic E-state index is 12.0. The number of para-hydroxylation sites is 1. The molecule has 3 aromatic rings. The lowest BCUT2D eigenvalue weighted by molar-refractivity contribution is -0.115. The van der Waals surface area contributed by atoms with Crippen molar-refractivity contribution < 1.29 is 9.21 Å². The second kappa shape index (κ2) is 4.12. The van der Waals surface area contributed by atoms with E-state index < -0.39 is 0 Å². The number of hydrogen-bond acceptors (Lipinski definition) is 2. The summed E-state index contributed by atoms with van der Waals surface area (Å²) in [4.78, 5) is 12.0. The molecule has 20 heavy (non-hydrogen) atoms. The van der Waals surface area contributed by atoms with Crippen LogP contribution in [0.25, 0.3) is 22.3 Å². The third kappa shape index (κ3) is 1.63. The molecule has 0 saturated heterocycles. The highest BCUT2D eigenvalue weighted by molar-refractivity contribution is 6.31. The van der Waals surface area contributed by atoms with Crippen LogP contribution in [0.2, 0.25) is 5.02 Å². The molecule has 0 saturated carbocycles. The fourth-order valence-electron chi connectivity index (χ4n) is 2.66. The number of benzene rings is 2. The van der Waals surface area contributed by atoms with Crippen molar-refractivity contribution >= 4 is 34.2 Å². The third-order valence-corrected chi connectivity index (χ3v) is 3.77. The monoisotopic (exact) mass is 283 g/mol. The second-order valence-electron chi connectivity index (χ2n) is 4.82. The van der Waals surface area contributed by atoms with Gasteiger partial charge in [0.25, 0.3) is 0 Å². The first kappa shape index (κ1) is 11.6. The molecule has 3 nitrogen and oxygen atoms in total. The van der Waals surface area contributed by atoms with Gasteiger partial charge in [0.2, 0.25) is 5.91 Å². The van der Waals surface area contributed by atoms with Gasteiger partial charge < -0.3 is 9.73 Å². The van der Waals surface area contributed by atoms with Crippen LogP contribution in [-0.2, 0) is 11.2 Å². The molecule has 98 valence electrons. The zero-order valence-corrected chi connectivity index (χ0v) is 11.2. The maximum Gasteiger partial charge on any atom is 0.228 e. The predicted octanol–water partition coefficient (Wildman–Crippen LogP) is 4.25. The number of furan rings is 1. The lowest BCUT2D eigenvalue weighted by Gasteiger charge is -2.04. The molecule has 0 bridgehead atoms. The molecule has 1 amide bonds. The van der Waals surface area contributed by atoms with Gasteiger partial charge in [0, 0.05) is 21.5 Å². The number of halogens is 1. The topological polar surface area (TPSA) is 42.2 Å². The molecule has 0 aliphatic carbocycles. The summed E-state index contributed by atoms with van der Waals surface area (Å²) >= 11 is 6.05. The van der Waals surface area contributed by atoms with Crippen LogP contribution in [0, 0.1) is 0 Å². The molecule has 4 rings (SSSR count). The number of hydrogen-bond donors (Lipinski definition) is 1. The minimum Gasteiger partial charge on any atom is -0.456 e. The number of carbonyl (C=O) groups excluding carboxylic acids is 1. The Morgan fingerprint density at radius 3 is 2.90 bits per heavy atom. The molecule has 2 aromatic carbocycles. The molecule has 2 heterocycles. The summed E-state index contributed by atoms with van der Waals surface area (Å²) in [6, 6.07) is 13.1. The Hall–Kier alpha value is -2.26. The van der Waals surface area contributed by atoms with Crippen molar-refractivity contribution in [3.05, 3.63) is 53.1 Å². The van der Waals surface area contributed by atoms with Gasteiger partial charge in [-0.25, -0.2) is 0 Å². The van der Waals surface area contributed by atoms with E-state index in [1.165, 1.54) is 0 Å². The smallest absolute Gasteiger partial charge is 0.228 e. The molecule has 1 aliphatic heterocycles. The first-order chi connectivity index (χ1) is 9.72. The van der Waals surface area contributed by atoms with E-state index in [4.69, 9.17) is 16.0 Å². The summed E-state index contributed by atoms with van der Waals surface area (Å²) < 4.78 is 5.95. The Morgan fingerprint density at radius 1 is 1.15 bits per heavy atom. The van der Waals surface area contributed by atoms with Crippen LogP contribution in [0.15, 0.2) is 46.9 Å². The summed E-state index contributed by atoms with van der Waals surface area (Å²) in [6.45, 7) is 0. The van der Waals surface area contributed by atoms with Gasteiger partial charge in [0.15, 0.2) is 0 Å². The van der Waals surface area contributed by atoms with Crippen molar-refractivity contribution in [3.8, 4) is 11.3 Å². The minimum atomic E-state index is -0.0427. The summed E-state index contributed by atoms with van der Waals surface area (Å²) in [6.07, 6.45) is 0.289. The fourth-order valence-corrected chi connectivity index (χ4v) is 2.83. The quantitative estimate of drug-likeness (QED) is 0.670. The number of anilines is 1. The van der Waals surface area contributed by atoms with E-state index in [1.807, 2.05) is 36.4 Å². The van der Waals surface area contributed by atoms with E-state index in [0.717, 1.165) is 33.5 Å². The van der Waals surface area contributed by atoms with Crippen LogP contribution in [0.1, 0.15) is 5.56 Å². The number of fused-ring (bicyclic) bond motifs is 5. The Balaban J connectivity index is 2.10. The number of nitrogens with one attached hydrogen (secondary N) is 1. The van der Waals surface area contributed by atoms with E-state index in [0.29, 0.717) is 5.02 Å². The molecule has 0 fully saturated rings.